The predicted octanol–water partition coefficient (Wildman–Crippen LogP) is 1.81. The van der Waals surface area contributed by atoms with Gasteiger partial charge in [0.1, 0.15) is 5.75 Å². The number of piperazine rings is 1. The Hall–Kier alpha value is -1.60. The molecule has 1 aromatic carbocycles. The van der Waals surface area contributed by atoms with Crippen LogP contribution in [0.15, 0.2) is 24.3 Å². The molecule has 1 aromatic rings. The molecular formula is C14H16F3N2O2. The van der Waals surface area contributed by atoms with Crippen LogP contribution in [0.4, 0.5) is 13.2 Å². The van der Waals surface area contributed by atoms with E-state index >= 15 is 0 Å². The van der Waals surface area contributed by atoms with Crippen LogP contribution in [0.3, 0.4) is 0 Å². The smallest absolute Gasteiger partial charge is 0.406 e. The molecule has 1 aliphatic rings. The number of alkyl halides is 3. The molecule has 2 rings (SSSR count). The molecule has 1 heterocycles. The Kier molecular flexibility index (Phi) is 5.19. The highest BCUT2D eigenvalue weighted by molar-refractivity contribution is 5.53. The summed E-state index contributed by atoms with van der Waals surface area (Å²) in [4.78, 5) is 14.5. The van der Waals surface area contributed by atoms with Gasteiger partial charge in [-0.2, -0.15) is 0 Å². The van der Waals surface area contributed by atoms with Crippen LogP contribution >= 0.6 is 0 Å². The van der Waals surface area contributed by atoms with E-state index in [-0.39, 0.29) is 5.75 Å². The van der Waals surface area contributed by atoms with Crippen molar-refractivity contribution in [2.45, 2.75) is 12.9 Å². The largest absolute Gasteiger partial charge is 0.573 e. The quantitative estimate of drug-likeness (QED) is 0.830. The zero-order chi connectivity index (χ0) is 15.3. The van der Waals surface area contributed by atoms with E-state index < -0.39 is 6.36 Å². The standard InChI is InChI=1S/C14H16F3N2O2/c15-14(16,17)21-13-3-1-12(2-4-13)11-19-7-5-18(6-8-19)9-10-20/h1-4H,5-9,11H2. The summed E-state index contributed by atoms with van der Waals surface area (Å²) in [7, 11) is 0. The second-order valence-electron chi connectivity index (χ2n) is 4.89. The van der Waals surface area contributed by atoms with Gasteiger partial charge in [-0.15, -0.1) is 13.2 Å². The van der Waals surface area contributed by atoms with Crippen molar-refractivity contribution in [3.8, 4) is 5.75 Å². The molecular weight excluding hydrogens is 285 g/mol. The SMILES string of the molecule is O=[C]CN1CCN(Cc2ccc(OC(F)(F)F)cc2)CC1. The predicted molar refractivity (Wildman–Crippen MR) is 70.5 cm³/mol. The first-order chi connectivity index (χ1) is 9.96. The molecule has 1 radical (unpaired) electrons. The van der Waals surface area contributed by atoms with Crippen molar-refractivity contribution in [3.05, 3.63) is 29.8 Å². The summed E-state index contributed by atoms with van der Waals surface area (Å²) in [5.74, 6) is -0.211. The lowest BCUT2D eigenvalue weighted by Crippen LogP contribution is -2.46. The van der Waals surface area contributed by atoms with Crippen molar-refractivity contribution < 1.29 is 22.7 Å². The normalized spacial score (nSPS) is 17.7. The van der Waals surface area contributed by atoms with Crippen LogP contribution in [0.1, 0.15) is 5.56 Å². The molecule has 0 bridgehead atoms. The van der Waals surface area contributed by atoms with E-state index in [1.54, 1.807) is 12.1 Å². The Balaban J connectivity index is 1.83. The molecule has 0 aromatic heterocycles. The summed E-state index contributed by atoms with van der Waals surface area (Å²) in [5, 5.41) is 0. The lowest BCUT2D eigenvalue weighted by atomic mass is 10.2. The van der Waals surface area contributed by atoms with Gasteiger partial charge in [0.2, 0.25) is 6.29 Å². The van der Waals surface area contributed by atoms with Crippen LogP contribution < -0.4 is 4.74 Å². The minimum atomic E-state index is -4.66. The summed E-state index contributed by atoms with van der Waals surface area (Å²) >= 11 is 0. The number of hydrogen-bond acceptors (Lipinski definition) is 4. The molecule has 0 aliphatic carbocycles. The lowest BCUT2D eigenvalue weighted by molar-refractivity contribution is -0.274. The fourth-order valence-corrected chi connectivity index (χ4v) is 2.25. The van der Waals surface area contributed by atoms with Gasteiger partial charge in [-0.05, 0) is 17.7 Å². The van der Waals surface area contributed by atoms with E-state index in [0.29, 0.717) is 13.1 Å². The van der Waals surface area contributed by atoms with Crippen molar-refractivity contribution in [2.75, 3.05) is 32.7 Å². The maximum absolute atomic E-state index is 12.1. The van der Waals surface area contributed by atoms with Gasteiger partial charge in [0.25, 0.3) is 0 Å². The van der Waals surface area contributed by atoms with Crippen molar-refractivity contribution in [1.29, 1.82) is 0 Å². The molecule has 0 amide bonds. The van der Waals surface area contributed by atoms with Gasteiger partial charge in [-0.25, -0.2) is 0 Å². The molecule has 0 saturated carbocycles. The van der Waals surface area contributed by atoms with Gasteiger partial charge in [0.15, 0.2) is 0 Å². The molecule has 21 heavy (non-hydrogen) atoms. The number of nitrogens with zero attached hydrogens (tertiary/aromatic N) is 2. The third kappa shape index (κ3) is 5.35. The van der Waals surface area contributed by atoms with Crippen LogP contribution in [0.2, 0.25) is 0 Å². The molecule has 4 nitrogen and oxygen atoms in total. The summed E-state index contributed by atoms with van der Waals surface area (Å²) in [6.45, 7) is 4.24. The number of rotatable bonds is 5. The van der Waals surface area contributed by atoms with Crippen molar-refractivity contribution >= 4 is 6.29 Å². The molecule has 0 atom stereocenters. The van der Waals surface area contributed by atoms with Gasteiger partial charge in [-0.3, -0.25) is 14.6 Å². The fourth-order valence-electron chi connectivity index (χ4n) is 2.25. The van der Waals surface area contributed by atoms with E-state index in [1.165, 1.54) is 12.1 Å². The van der Waals surface area contributed by atoms with Gasteiger partial charge in [0.05, 0.1) is 6.54 Å². The maximum atomic E-state index is 12.1. The number of hydrogen-bond donors (Lipinski definition) is 0. The zero-order valence-corrected chi connectivity index (χ0v) is 11.4. The van der Waals surface area contributed by atoms with Crippen LogP contribution in [0.25, 0.3) is 0 Å². The monoisotopic (exact) mass is 301 g/mol. The van der Waals surface area contributed by atoms with E-state index in [0.717, 1.165) is 31.7 Å². The third-order valence-electron chi connectivity index (χ3n) is 3.32. The van der Waals surface area contributed by atoms with E-state index in [1.807, 2.05) is 11.2 Å². The Morgan fingerprint density at radius 1 is 1.05 bits per heavy atom. The summed E-state index contributed by atoms with van der Waals surface area (Å²) in [5.41, 5.74) is 0.930. The first kappa shape index (κ1) is 15.8. The molecule has 1 saturated heterocycles. The molecule has 0 spiro atoms. The van der Waals surface area contributed by atoms with Gasteiger partial charge in [-0.1, -0.05) is 12.1 Å². The number of benzene rings is 1. The van der Waals surface area contributed by atoms with Crippen molar-refractivity contribution in [2.24, 2.45) is 0 Å². The Bertz CT molecular complexity index is 454. The summed E-state index contributed by atoms with van der Waals surface area (Å²) in [6.07, 6.45) is -2.78. The molecule has 0 unspecified atom stereocenters. The summed E-state index contributed by atoms with van der Waals surface area (Å²) in [6, 6.07) is 5.90. The molecule has 0 N–H and O–H groups in total. The molecule has 115 valence electrons. The van der Waals surface area contributed by atoms with Gasteiger partial charge < -0.3 is 4.74 Å². The Labute approximate surface area is 121 Å². The van der Waals surface area contributed by atoms with E-state index in [4.69, 9.17) is 0 Å². The van der Waals surface area contributed by atoms with Crippen molar-refractivity contribution in [3.63, 3.8) is 0 Å². The average Bonchev–Trinajstić information content (AvgIpc) is 2.42. The zero-order valence-electron chi connectivity index (χ0n) is 11.4. The topological polar surface area (TPSA) is 32.8 Å². The van der Waals surface area contributed by atoms with Gasteiger partial charge >= 0.3 is 6.36 Å². The van der Waals surface area contributed by atoms with Crippen LogP contribution in [0.5, 0.6) is 5.75 Å². The first-order valence-corrected chi connectivity index (χ1v) is 6.61. The first-order valence-electron chi connectivity index (χ1n) is 6.61. The highest BCUT2D eigenvalue weighted by Crippen LogP contribution is 2.23. The second-order valence-corrected chi connectivity index (χ2v) is 4.89. The average molecular weight is 301 g/mol. The second kappa shape index (κ2) is 6.91. The fraction of sp³-hybridized carbons (Fsp3) is 0.500. The highest BCUT2D eigenvalue weighted by atomic mass is 19.4. The number of halogens is 3. The minimum absolute atomic E-state index is 0.211. The molecule has 1 aliphatic heterocycles. The lowest BCUT2D eigenvalue weighted by Gasteiger charge is -2.33. The van der Waals surface area contributed by atoms with E-state index in [9.17, 15) is 18.0 Å². The minimum Gasteiger partial charge on any atom is -0.406 e. The Morgan fingerprint density at radius 3 is 2.14 bits per heavy atom. The number of ether oxygens (including phenoxy) is 1. The molecule has 1 fully saturated rings. The summed E-state index contributed by atoms with van der Waals surface area (Å²) < 4.78 is 40.0. The highest BCUT2D eigenvalue weighted by Gasteiger charge is 2.31. The van der Waals surface area contributed by atoms with Crippen LogP contribution in [0, 0.1) is 0 Å². The van der Waals surface area contributed by atoms with E-state index in [2.05, 4.69) is 9.64 Å². The molecule has 7 heteroatoms. The van der Waals surface area contributed by atoms with Crippen molar-refractivity contribution in [1.82, 2.24) is 9.80 Å². The maximum Gasteiger partial charge on any atom is 0.573 e. The van der Waals surface area contributed by atoms with Crippen LogP contribution in [-0.2, 0) is 11.3 Å². The Morgan fingerprint density at radius 2 is 1.62 bits per heavy atom. The third-order valence-corrected chi connectivity index (χ3v) is 3.32. The van der Waals surface area contributed by atoms with Gasteiger partial charge in [0, 0.05) is 32.7 Å². The van der Waals surface area contributed by atoms with Crippen LogP contribution in [-0.4, -0.2) is 55.2 Å². The number of carbonyl (C=O) groups excluding carboxylic acids is 1.